The number of anilines is 1. The minimum absolute atomic E-state index is 0.0236. The van der Waals surface area contributed by atoms with Crippen molar-refractivity contribution in [2.75, 3.05) is 5.32 Å². The van der Waals surface area contributed by atoms with E-state index in [1.54, 1.807) is 23.1 Å². The molecule has 4 rings (SSSR count). The third kappa shape index (κ3) is 5.83. The lowest BCUT2D eigenvalue weighted by molar-refractivity contribution is 0.0605. The summed E-state index contributed by atoms with van der Waals surface area (Å²) in [7, 11) is 0. The third-order valence-electron chi connectivity index (χ3n) is 5.84. The molecule has 33 heavy (non-hydrogen) atoms. The zero-order valence-corrected chi connectivity index (χ0v) is 18.8. The van der Waals surface area contributed by atoms with E-state index in [0.717, 1.165) is 49.4 Å². The van der Waals surface area contributed by atoms with Crippen LogP contribution in [-0.4, -0.2) is 28.8 Å². The van der Waals surface area contributed by atoms with Gasteiger partial charge in [-0.25, -0.2) is 8.78 Å². The number of amides is 2. The zero-order chi connectivity index (χ0) is 23.4. The van der Waals surface area contributed by atoms with E-state index in [1.165, 1.54) is 11.3 Å². The maximum absolute atomic E-state index is 13.8. The van der Waals surface area contributed by atoms with Crippen LogP contribution in [0.25, 0.3) is 0 Å². The zero-order valence-electron chi connectivity index (χ0n) is 18.0. The molecule has 0 aliphatic heterocycles. The normalized spacial score (nSPS) is 18.0. The maximum atomic E-state index is 13.8. The van der Waals surface area contributed by atoms with Crippen molar-refractivity contribution in [2.45, 2.75) is 44.3 Å². The van der Waals surface area contributed by atoms with Crippen LogP contribution in [0.2, 0.25) is 0 Å². The van der Waals surface area contributed by atoms with Crippen molar-refractivity contribution in [3.63, 3.8) is 0 Å². The summed E-state index contributed by atoms with van der Waals surface area (Å²) in [5, 5.41) is 4.70. The second-order valence-corrected chi connectivity index (χ2v) is 9.24. The smallest absolute Gasteiger partial charge is 0.265 e. The van der Waals surface area contributed by atoms with Gasteiger partial charge in [-0.3, -0.25) is 9.59 Å². The second kappa shape index (κ2) is 10.2. The van der Waals surface area contributed by atoms with Crippen LogP contribution in [-0.2, 0) is 6.54 Å². The van der Waals surface area contributed by atoms with Gasteiger partial charge in [-0.2, -0.15) is 0 Å². The van der Waals surface area contributed by atoms with Gasteiger partial charge in [0.05, 0.1) is 4.88 Å². The number of hydrogen-bond donors (Lipinski definition) is 2. The molecule has 172 valence electrons. The third-order valence-corrected chi connectivity index (χ3v) is 6.70. The molecular formula is C25H25F2N3O2S. The lowest BCUT2D eigenvalue weighted by Crippen LogP contribution is -2.44. The van der Waals surface area contributed by atoms with E-state index >= 15 is 0 Å². The van der Waals surface area contributed by atoms with Crippen LogP contribution in [0.15, 0.2) is 60.0 Å². The summed E-state index contributed by atoms with van der Waals surface area (Å²) in [6.45, 7) is 0.250. The van der Waals surface area contributed by atoms with Gasteiger partial charge in [0.2, 0.25) is 0 Å². The summed E-state index contributed by atoms with van der Waals surface area (Å²) in [5.74, 6) is -2.21. The molecule has 1 aliphatic rings. The van der Waals surface area contributed by atoms with Crippen molar-refractivity contribution in [3.8, 4) is 0 Å². The first-order valence-corrected chi connectivity index (χ1v) is 11.7. The molecule has 0 radical (unpaired) electrons. The Bertz CT molecular complexity index is 1110. The van der Waals surface area contributed by atoms with Crippen LogP contribution in [0.5, 0.6) is 0 Å². The SMILES string of the molecule is NC1CCC(N(Cc2cccc(NC(=O)c3cccs3)c2)C(=O)c2cc(F)cc(F)c2)CC1. The minimum Gasteiger partial charge on any atom is -0.331 e. The first-order chi connectivity index (χ1) is 15.9. The lowest BCUT2D eigenvalue weighted by atomic mass is 9.90. The fraction of sp³-hybridized carbons (Fsp3) is 0.280. The van der Waals surface area contributed by atoms with Gasteiger partial charge in [0.25, 0.3) is 11.8 Å². The molecule has 2 aromatic carbocycles. The Morgan fingerprint density at radius 1 is 1.00 bits per heavy atom. The van der Waals surface area contributed by atoms with Gasteiger partial charge in [0.1, 0.15) is 11.6 Å². The Hall–Kier alpha value is -3.10. The van der Waals surface area contributed by atoms with Crippen LogP contribution in [0, 0.1) is 11.6 Å². The van der Waals surface area contributed by atoms with Crippen molar-refractivity contribution >= 4 is 28.8 Å². The van der Waals surface area contributed by atoms with Crippen molar-refractivity contribution < 1.29 is 18.4 Å². The van der Waals surface area contributed by atoms with E-state index in [0.29, 0.717) is 10.6 Å². The number of thiophene rings is 1. The highest BCUT2D eigenvalue weighted by molar-refractivity contribution is 7.12. The van der Waals surface area contributed by atoms with Crippen molar-refractivity contribution in [1.29, 1.82) is 0 Å². The van der Waals surface area contributed by atoms with E-state index < -0.39 is 17.5 Å². The molecule has 1 heterocycles. The molecule has 1 saturated carbocycles. The minimum atomic E-state index is -0.790. The summed E-state index contributed by atoms with van der Waals surface area (Å²) in [6.07, 6.45) is 3.00. The summed E-state index contributed by atoms with van der Waals surface area (Å²) in [4.78, 5) is 28.0. The van der Waals surface area contributed by atoms with Gasteiger partial charge >= 0.3 is 0 Å². The van der Waals surface area contributed by atoms with E-state index in [9.17, 15) is 18.4 Å². The van der Waals surface area contributed by atoms with E-state index in [-0.39, 0.29) is 30.1 Å². The number of carbonyl (C=O) groups is 2. The fourth-order valence-corrected chi connectivity index (χ4v) is 4.79. The molecule has 1 aliphatic carbocycles. The predicted molar refractivity (Wildman–Crippen MR) is 125 cm³/mol. The number of rotatable bonds is 6. The Labute approximate surface area is 195 Å². The van der Waals surface area contributed by atoms with E-state index in [4.69, 9.17) is 5.73 Å². The number of carbonyl (C=O) groups excluding carboxylic acids is 2. The topological polar surface area (TPSA) is 75.4 Å². The lowest BCUT2D eigenvalue weighted by Gasteiger charge is -2.36. The summed E-state index contributed by atoms with van der Waals surface area (Å²) in [6, 6.07) is 13.7. The molecule has 0 unspecified atom stereocenters. The highest BCUT2D eigenvalue weighted by Gasteiger charge is 2.29. The number of nitrogens with zero attached hydrogens (tertiary/aromatic N) is 1. The predicted octanol–water partition coefficient (Wildman–Crippen LogP) is 5.19. The molecule has 2 amide bonds. The highest BCUT2D eigenvalue weighted by Crippen LogP contribution is 2.27. The van der Waals surface area contributed by atoms with Crippen LogP contribution in [0.3, 0.4) is 0 Å². The van der Waals surface area contributed by atoms with Crippen molar-refractivity contribution in [2.24, 2.45) is 5.73 Å². The molecule has 5 nitrogen and oxygen atoms in total. The fourth-order valence-electron chi connectivity index (χ4n) is 4.17. The second-order valence-electron chi connectivity index (χ2n) is 8.29. The number of nitrogens with one attached hydrogen (secondary N) is 1. The molecule has 8 heteroatoms. The maximum Gasteiger partial charge on any atom is 0.265 e. The molecular weight excluding hydrogens is 444 g/mol. The Balaban J connectivity index is 1.57. The Morgan fingerprint density at radius 2 is 1.73 bits per heavy atom. The molecule has 0 spiro atoms. The number of halogens is 2. The summed E-state index contributed by atoms with van der Waals surface area (Å²) >= 11 is 1.35. The molecule has 0 atom stereocenters. The molecule has 3 N–H and O–H groups in total. The molecule has 3 aromatic rings. The van der Waals surface area contributed by atoms with E-state index in [1.807, 2.05) is 23.6 Å². The monoisotopic (exact) mass is 469 g/mol. The van der Waals surface area contributed by atoms with Gasteiger partial charge < -0.3 is 16.0 Å². The van der Waals surface area contributed by atoms with Gasteiger partial charge in [0, 0.05) is 35.9 Å². The van der Waals surface area contributed by atoms with Crippen molar-refractivity contribution in [3.05, 3.63) is 87.6 Å². The molecule has 0 saturated heterocycles. The van der Waals surface area contributed by atoms with Crippen LogP contribution >= 0.6 is 11.3 Å². The largest absolute Gasteiger partial charge is 0.331 e. The Morgan fingerprint density at radius 3 is 2.39 bits per heavy atom. The molecule has 0 bridgehead atoms. The van der Waals surface area contributed by atoms with E-state index in [2.05, 4.69) is 5.32 Å². The average molecular weight is 470 g/mol. The van der Waals surface area contributed by atoms with Crippen LogP contribution in [0.1, 0.15) is 51.3 Å². The quantitative estimate of drug-likeness (QED) is 0.522. The first-order valence-electron chi connectivity index (χ1n) is 10.9. The Kier molecular flexibility index (Phi) is 7.15. The standard InChI is InChI=1S/C25H25F2N3O2S/c26-18-12-17(13-19(27)14-18)25(32)30(22-8-6-20(28)7-9-22)15-16-3-1-4-21(11-16)29-24(31)23-5-2-10-33-23/h1-5,10-14,20,22H,6-9,15,28H2,(H,29,31). The molecule has 1 aromatic heterocycles. The van der Waals surface area contributed by atoms with Crippen molar-refractivity contribution in [1.82, 2.24) is 4.90 Å². The highest BCUT2D eigenvalue weighted by atomic mass is 32.1. The molecule has 1 fully saturated rings. The van der Waals surface area contributed by atoms with Crippen LogP contribution in [0.4, 0.5) is 14.5 Å². The van der Waals surface area contributed by atoms with Crippen LogP contribution < -0.4 is 11.1 Å². The number of benzene rings is 2. The van der Waals surface area contributed by atoms with Gasteiger partial charge in [-0.05, 0) is 67.0 Å². The summed E-state index contributed by atoms with van der Waals surface area (Å²) in [5.41, 5.74) is 7.43. The number of nitrogens with two attached hydrogens (primary N) is 1. The average Bonchev–Trinajstić information content (AvgIpc) is 3.33. The van der Waals surface area contributed by atoms with Gasteiger partial charge in [0.15, 0.2) is 0 Å². The van der Waals surface area contributed by atoms with Gasteiger partial charge in [-0.1, -0.05) is 18.2 Å². The van der Waals surface area contributed by atoms with Gasteiger partial charge in [-0.15, -0.1) is 11.3 Å². The first kappa shape index (κ1) is 23.1. The summed E-state index contributed by atoms with van der Waals surface area (Å²) < 4.78 is 27.6. The number of hydrogen-bond acceptors (Lipinski definition) is 4.